The molecular formula is C16H19NO2S. The number of thiazole rings is 1. The fourth-order valence-electron chi connectivity index (χ4n) is 2.06. The minimum absolute atomic E-state index is 0.370. The zero-order valence-electron chi connectivity index (χ0n) is 12.0. The lowest BCUT2D eigenvalue weighted by molar-refractivity contribution is 0.0700. The van der Waals surface area contributed by atoms with Crippen molar-refractivity contribution in [2.75, 3.05) is 0 Å². The van der Waals surface area contributed by atoms with Crippen LogP contribution in [0.25, 0.3) is 10.6 Å². The van der Waals surface area contributed by atoms with Crippen molar-refractivity contribution < 1.29 is 9.90 Å². The molecule has 2 rings (SSSR count). The molecule has 0 bridgehead atoms. The second kappa shape index (κ2) is 6.18. The number of carbonyl (C=O) groups is 1. The van der Waals surface area contributed by atoms with Crippen LogP contribution in [0.1, 0.15) is 54.0 Å². The maximum atomic E-state index is 11.3. The van der Waals surface area contributed by atoms with Crippen molar-refractivity contribution >= 4 is 17.3 Å². The second-order valence-electron chi connectivity index (χ2n) is 5.13. The van der Waals surface area contributed by atoms with Crippen LogP contribution in [0.4, 0.5) is 0 Å². The number of aryl methyl sites for hydroxylation is 1. The molecule has 1 aromatic heterocycles. The van der Waals surface area contributed by atoms with Crippen molar-refractivity contribution in [3.63, 3.8) is 0 Å². The summed E-state index contributed by atoms with van der Waals surface area (Å²) in [7, 11) is 0. The first-order valence-corrected chi connectivity index (χ1v) is 7.68. The van der Waals surface area contributed by atoms with Crippen molar-refractivity contribution in [2.24, 2.45) is 0 Å². The molecule has 3 nitrogen and oxygen atoms in total. The Morgan fingerprint density at radius 1 is 1.30 bits per heavy atom. The summed E-state index contributed by atoms with van der Waals surface area (Å²) in [6, 6.07) is 8.22. The third-order valence-electron chi connectivity index (χ3n) is 3.20. The van der Waals surface area contributed by atoms with Crippen LogP contribution in [-0.2, 0) is 6.42 Å². The Bertz CT molecular complexity index is 599. The van der Waals surface area contributed by atoms with E-state index >= 15 is 0 Å². The summed E-state index contributed by atoms with van der Waals surface area (Å²) in [5.74, 6) is -0.387. The van der Waals surface area contributed by atoms with Crippen LogP contribution in [0.3, 0.4) is 0 Å². The molecule has 1 N–H and O–H groups in total. The van der Waals surface area contributed by atoms with Gasteiger partial charge in [0, 0.05) is 5.56 Å². The van der Waals surface area contributed by atoms with E-state index in [-0.39, 0.29) is 0 Å². The fraction of sp³-hybridized carbons (Fsp3) is 0.375. The van der Waals surface area contributed by atoms with Gasteiger partial charge in [0.25, 0.3) is 0 Å². The molecule has 0 saturated carbocycles. The molecule has 20 heavy (non-hydrogen) atoms. The zero-order valence-corrected chi connectivity index (χ0v) is 12.8. The Morgan fingerprint density at radius 2 is 1.95 bits per heavy atom. The van der Waals surface area contributed by atoms with Gasteiger partial charge >= 0.3 is 5.97 Å². The standard InChI is InChI=1S/C16H19NO2S/c1-4-5-13-14(16(18)19)20-15(17-13)12-8-6-11(7-9-12)10(2)3/h6-10H,4-5H2,1-3H3,(H,18,19). The van der Waals surface area contributed by atoms with Crippen LogP contribution >= 0.6 is 11.3 Å². The van der Waals surface area contributed by atoms with Gasteiger partial charge in [-0.1, -0.05) is 51.5 Å². The molecule has 0 aliphatic carbocycles. The molecule has 1 aromatic carbocycles. The Kier molecular flexibility index (Phi) is 4.55. The van der Waals surface area contributed by atoms with E-state index in [1.807, 2.05) is 19.1 Å². The van der Waals surface area contributed by atoms with Crippen LogP contribution in [0.15, 0.2) is 24.3 Å². The number of nitrogens with zero attached hydrogens (tertiary/aromatic N) is 1. The number of rotatable bonds is 5. The Balaban J connectivity index is 2.37. The molecule has 0 atom stereocenters. The minimum Gasteiger partial charge on any atom is -0.477 e. The topological polar surface area (TPSA) is 50.2 Å². The SMILES string of the molecule is CCCc1nc(-c2ccc(C(C)C)cc2)sc1C(=O)O. The summed E-state index contributed by atoms with van der Waals surface area (Å²) in [5, 5.41) is 10.0. The highest BCUT2D eigenvalue weighted by atomic mass is 32.1. The number of carboxylic acids is 1. The van der Waals surface area contributed by atoms with E-state index in [1.165, 1.54) is 16.9 Å². The highest BCUT2D eigenvalue weighted by Gasteiger charge is 2.17. The average molecular weight is 289 g/mol. The quantitative estimate of drug-likeness (QED) is 0.876. The summed E-state index contributed by atoms with van der Waals surface area (Å²) >= 11 is 1.26. The van der Waals surface area contributed by atoms with E-state index in [4.69, 9.17) is 0 Å². The van der Waals surface area contributed by atoms with Gasteiger partial charge in [0.1, 0.15) is 9.88 Å². The zero-order chi connectivity index (χ0) is 14.7. The van der Waals surface area contributed by atoms with Crippen molar-refractivity contribution in [1.82, 2.24) is 4.98 Å². The normalized spacial score (nSPS) is 11.0. The highest BCUT2D eigenvalue weighted by Crippen LogP contribution is 2.30. The van der Waals surface area contributed by atoms with Gasteiger partial charge in [-0.05, 0) is 17.9 Å². The van der Waals surface area contributed by atoms with Crippen LogP contribution in [0.2, 0.25) is 0 Å². The van der Waals surface area contributed by atoms with Crippen LogP contribution in [-0.4, -0.2) is 16.1 Å². The van der Waals surface area contributed by atoms with E-state index in [0.29, 0.717) is 22.9 Å². The highest BCUT2D eigenvalue weighted by molar-refractivity contribution is 7.17. The van der Waals surface area contributed by atoms with Crippen LogP contribution in [0, 0.1) is 0 Å². The fourth-order valence-corrected chi connectivity index (χ4v) is 3.02. The summed E-state index contributed by atoms with van der Waals surface area (Å²) in [5.41, 5.74) is 2.97. The number of carboxylic acid groups (broad SMARTS) is 1. The average Bonchev–Trinajstić information content (AvgIpc) is 2.83. The maximum Gasteiger partial charge on any atom is 0.347 e. The van der Waals surface area contributed by atoms with Gasteiger partial charge in [-0.3, -0.25) is 0 Å². The first-order valence-electron chi connectivity index (χ1n) is 6.86. The second-order valence-corrected chi connectivity index (χ2v) is 6.13. The molecule has 2 aromatic rings. The third-order valence-corrected chi connectivity index (χ3v) is 4.34. The van der Waals surface area contributed by atoms with Gasteiger partial charge in [0.2, 0.25) is 0 Å². The summed E-state index contributed by atoms with van der Waals surface area (Å²) < 4.78 is 0. The Morgan fingerprint density at radius 3 is 2.45 bits per heavy atom. The lowest BCUT2D eigenvalue weighted by Gasteiger charge is -2.05. The molecule has 1 heterocycles. The minimum atomic E-state index is -0.879. The van der Waals surface area contributed by atoms with E-state index in [9.17, 15) is 9.90 Å². The number of hydrogen-bond donors (Lipinski definition) is 1. The molecule has 4 heteroatoms. The van der Waals surface area contributed by atoms with Gasteiger partial charge in [-0.25, -0.2) is 9.78 Å². The molecule has 0 radical (unpaired) electrons. The van der Waals surface area contributed by atoms with Crippen molar-refractivity contribution in [3.8, 4) is 10.6 Å². The van der Waals surface area contributed by atoms with Crippen LogP contribution in [0.5, 0.6) is 0 Å². The van der Waals surface area contributed by atoms with Gasteiger partial charge in [0.05, 0.1) is 5.69 Å². The first kappa shape index (κ1) is 14.7. The molecule has 0 saturated heterocycles. The van der Waals surface area contributed by atoms with Gasteiger partial charge in [-0.15, -0.1) is 11.3 Å². The number of aromatic carboxylic acids is 1. The number of benzene rings is 1. The van der Waals surface area contributed by atoms with Gasteiger partial charge < -0.3 is 5.11 Å². The third kappa shape index (κ3) is 3.07. The summed E-state index contributed by atoms with van der Waals surface area (Å²) in [6.45, 7) is 6.34. The van der Waals surface area contributed by atoms with Gasteiger partial charge in [-0.2, -0.15) is 0 Å². The van der Waals surface area contributed by atoms with E-state index in [1.54, 1.807) is 0 Å². The number of aromatic nitrogens is 1. The molecular weight excluding hydrogens is 270 g/mol. The predicted molar refractivity (Wildman–Crippen MR) is 82.6 cm³/mol. The first-order chi connectivity index (χ1) is 9.52. The Hall–Kier alpha value is -1.68. The summed E-state index contributed by atoms with van der Waals surface area (Å²) in [6.07, 6.45) is 1.61. The lowest BCUT2D eigenvalue weighted by Crippen LogP contribution is -1.98. The predicted octanol–water partition coefficient (Wildman–Crippen LogP) is 4.58. The van der Waals surface area contributed by atoms with E-state index < -0.39 is 5.97 Å². The van der Waals surface area contributed by atoms with Crippen molar-refractivity contribution in [1.29, 1.82) is 0 Å². The molecule has 0 aliphatic rings. The lowest BCUT2D eigenvalue weighted by atomic mass is 10.0. The van der Waals surface area contributed by atoms with E-state index in [2.05, 4.69) is 31.0 Å². The van der Waals surface area contributed by atoms with Crippen molar-refractivity contribution in [2.45, 2.75) is 39.5 Å². The van der Waals surface area contributed by atoms with E-state index in [0.717, 1.165) is 17.0 Å². The number of hydrogen-bond acceptors (Lipinski definition) is 3. The molecule has 0 fully saturated rings. The largest absolute Gasteiger partial charge is 0.477 e. The molecule has 0 aliphatic heterocycles. The molecule has 106 valence electrons. The monoisotopic (exact) mass is 289 g/mol. The van der Waals surface area contributed by atoms with Gasteiger partial charge in [0.15, 0.2) is 0 Å². The Labute approximate surface area is 123 Å². The van der Waals surface area contributed by atoms with Crippen LogP contribution < -0.4 is 0 Å². The maximum absolute atomic E-state index is 11.3. The molecule has 0 unspecified atom stereocenters. The summed E-state index contributed by atoms with van der Waals surface area (Å²) in [4.78, 5) is 16.1. The van der Waals surface area contributed by atoms with Crippen molar-refractivity contribution in [3.05, 3.63) is 40.4 Å². The molecule has 0 spiro atoms. The smallest absolute Gasteiger partial charge is 0.347 e. The molecule has 0 amide bonds.